The van der Waals surface area contributed by atoms with Crippen molar-refractivity contribution < 1.29 is 29.0 Å². The van der Waals surface area contributed by atoms with E-state index in [1.807, 2.05) is 36.4 Å². The molecule has 2 fully saturated rings. The zero-order valence-electron chi connectivity index (χ0n) is 24.6. The topological polar surface area (TPSA) is 104 Å². The largest absolute Gasteiger partial charge is 0.507 e. The molecule has 5 aliphatic rings. The van der Waals surface area contributed by atoms with Crippen LogP contribution in [-0.2, 0) is 30.3 Å². The summed E-state index contributed by atoms with van der Waals surface area (Å²) in [4.78, 5) is 58.7. The summed E-state index contributed by atoms with van der Waals surface area (Å²) in [6, 6.07) is 12.9. The molecule has 2 aromatic carbocycles. The zero-order chi connectivity index (χ0) is 30.7. The van der Waals surface area contributed by atoms with Crippen LogP contribution in [0.5, 0.6) is 5.75 Å². The Bertz CT molecular complexity index is 1710. The van der Waals surface area contributed by atoms with Crippen molar-refractivity contribution in [3.8, 4) is 5.75 Å². The molecule has 0 spiro atoms. The number of morpholine rings is 1. The van der Waals surface area contributed by atoms with Crippen LogP contribution in [0.25, 0.3) is 0 Å². The molecule has 0 radical (unpaired) electrons. The molecule has 2 amide bonds. The van der Waals surface area contributed by atoms with Crippen LogP contribution in [-0.4, -0.2) is 54.8 Å². The number of carbonyl (C=O) groups is 4. The third kappa shape index (κ3) is 4.31. The number of para-hydroxylation sites is 1. The fraction of sp³-hybridized carbons (Fsp3) is 0.333. The van der Waals surface area contributed by atoms with Gasteiger partial charge in [-0.15, -0.1) is 6.58 Å². The highest BCUT2D eigenvalue weighted by atomic mass is 16.5. The van der Waals surface area contributed by atoms with Crippen LogP contribution >= 0.6 is 0 Å². The number of nitrogens with zero attached hydrogens (tertiary/aromatic N) is 2. The average molecular weight is 591 g/mol. The summed E-state index contributed by atoms with van der Waals surface area (Å²) < 4.78 is 5.45. The number of rotatable bonds is 5. The maximum absolute atomic E-state index is 14.2. The SMILES string of the molecule is C=CCc1cccc([C@H]2C3=CC[C@@H]4C(=O)N(c5ccc(N6CCOCC6)cc5)C(=O)[C@@H]4[C@@H]3CC3=C2C(=O)C=C(C)C3=O)c1O. The third-order valence-electron chi connectivity index (χ3n) is 9.87. The molecular formula is C36H34N2O6. The number of amides is 2. The number of anilines is 2. The van der Waals surface area contributed by atoms with E-state index in [2.05, 4.69) is 11.5 Å². The Morgan fingerprint density at radius 1 is 0.977 bits per heavy atom. The predicted molar refractivity (Wildman–Crippen MR) is 165 cm³/mol. The molecule has 0 saturated carbocycles. The van der Waals surface area contributed by atoms with Crippen LogP contribution in [0.4, 0.5) is 11.4 Å². The highest BCUT2D eigenvalue weighted by molar-refractivity contribution is 6.25. The van der Waals surface area contributed by atoms with Crippen molar-refractivity contribution in [2.24, 2.45) is 17.8 Å². The predicted octanol–water partition coefficient (Wildman–Crippen LogP) is 4.59. The lowest BCUT2D eigenvalue weighted by Crippen LogP contribution is -2.39. The number of benzene rings is 2. The van der Waals surface area contributed by atoms with Gasteiger partial charge in [0, 0.05) is 47.0 Å². The first kappa shape index (κ1) is 28.2. The first-order valence-corrected chi connectivity index (χ1v) is 15.2. The number of ether oxygens (including phenoxy) is 1. The van der Waals surface area contributed by atoms with Gasteiger partial charge in [0.2, 0.25) is 11.8 Å². The minimum Gasteiger partial charge on any atom is -0.507 e. The molecule has 44 heavy (non-hydrogen) atoms. The summed E-state index contributed by atoms with van der Waals surface area (Å²) in [5.74, 6) is -3.36. The van der Waals surface area contributed by atoms with Crippen LogP contribution in [0.3, 0.4) is 0 Å². The number of phenolic OH excluding ortho intramolecular Hbond substituents is 1. The normalized spacial score (nSPS) is 26.7. The highest BCUT2D eigenvalue weighted by Gasteiger charge is 2.56. The molecule has 224 valence electrons. The second-order valence-corrected chi connectivity index (χ2v) is 12.2. The van der Waals surface area contributed by atoms with Gasteiger partial charge in [0.05, 0.1) is 30.7 Å². The molecule has 3 aliphatic carbocycles. The number of hydrogen-bond donors (Lipinski definition) is 1. The number of hydrogen-bond acceptors (Lipinski definition) is 7. The Labute approximate surface area is 256 Å². The first-order chi connectivity index (χ1) is 21.3. The van der Waals surface area contributed by atoms with Gasteiger partial charge in [0.15, 0.2) is 11.6 Å². The maximum atomic E-state index is 14.2. The Kier molecular flexibility index (Phi) is 6.97. The fourth-order valence-electron chi connectivity index (χ4n) is 7.79. The summed E-state index contributed by atoms with van der Waals surface area (Å²) >= 11 is 0. The molecule has 2 heterocycles. The van der Waals surface area contributed by atoms with E-state index >= 15 is 0 Å². The van der Waals surface area contributed by atoms with Crippen LogP contribution in [0.1, 0.15) is 36.8 Å². The fourth-order valence-corrected chi connectivity index (χ4v) is 7.79. The lowest BCUT2D eigenvalue weighted by atomic mass is 9.59. The van der Waals surface area contributed by atoms with Gasteiger partial charge in [-0.25, -0.2) is 0 Å². The molecular weight excluding hydrogens is 556 g/mol. The second-order valence-electron chi connectivity index (χ2n) is 12.2. The van der Waals surface area contributed by atoms with Gasteiger partial charge in [0.1, 0.15) is 5.75 Å². The maximum Gasteiger partial charge on any atom is 0.238 e. The monoisotopic (exact) mass is 590 g/mol. The zero-order valence-corrected chi connectivity index (χ0v) is 24.6. The molecule has 7 rings (SSSR count). The molecule has 8 nitrogen and oxygen atoms in total. The molecule has 2 aliphatic heterocycles. The Balaban J connectivity index is 1.28. The number of imide groups is 1. The lowest BCUT2D eigenvalue weighted by molar-refractivity contribution is -0.123. The van der Waals surface area contributed by atoms with E-state index in [9.17, 15) is 24.3 Å². The average Bonchev–Trinajstić information content (AvgIpc) is 3.30. The number of Topliss-reactive ketones (excluding diaryl/α,β-unsaturated/α-hetero) is 1. The van der Waals surface area contributed by atoms with Crippen molar-refractivity contribution in [2.45, 2.75) is 32.1 Å². The minimum atomic E-state index is -0.694. The van der Waals surface area contributed by atoms with Crippen LogP contribution < -0.4 is 9.80 Å². The van der Waals surface area contributed by atoms with E-state index in [1.165, 1.54) is 11.0 Å². The second kappa shape index (κ2) is 10.9. The van der Waals surface area contributed by atoms with E-state index in [0.29, 0.717) is 59.6 Å². The summed E-state index contributed by atoms with van der Waals surface area (Å²) in [7, 11) is 0. The number of phenols is 1. The van der Waals surface area contributed by atoms with Crippen molar-refractivity contribution in [2.75, 3.05) is 36.1 Å². The first-order valence-electron chi connectivity index (χ1n) is 15.2. The van der Waals surface area contributed by atoms with Crippen LogP contribution in [0.15, 0.2) is 89.6 Å². The van der Waals surface area contributed by atoms with Crippen molar-refractivity contribution in [1.29, 1.82) is 0 Å². The van der Waals surface area contributed by atoms with E-state index in [-0.39, 0.29) is 35.6 Å². The molecule has 0 unspecified atom stereocenters. The summed E-state index contributed by atoms with van der Waals surface area (Å²) in [6.07, 6.45) is 6.02. The number of aromatic hydroxyl groups is 1. The number of allylic oxidation sites excluding steroid dienone is 7. The standard InChI is InChI=1S/C36H34N2O6/c1-3-5-21-6-4-7-25(34(21)41)30-24-12-13-26-31(27(24)19-28-32(30)29(39)18-20(2)33(28)40)36(43)38(35(26)42)23-10-8-22(9-11-23)37-14-16-44-17-15-37/h3-4,6-12,18,26-27,30-31,41H,1,5,13-17,19H2,2H3/t26-,27+,30+,31-/m0/s1. The Morgan fingerprint density at radius 2 is 1.70 bits per heavy atom. The lowest BCUT2D eigenvalue weighted by Gasteiger charge is -2.42. The molecule has 2 aromatic rings. The molecule has 0 aromatic heterocycles. The number of ketones is 2. The van der Waals surface area contributed by atoms with E-state index in [4.69, 9.17) is 4.74 Å². The van der Waals surface area contributed by atoms with E-state index in [0.717, 1.165) is 24.4 Å². The molecule has 0 bridgehead atoms. The van der Waals surface area contributed by atoms with Gasteiger partial charge in [-0.3, -0.25) is 24.1 Å². The highest BCUT2D eigenvalue weighted by Crippen LogP contribution is 2.56. The van der Waals surface area contributed by atoms with Crippen molar-refractivity contribution in [3.63, 3.8) is 0 Å². The quantitative estimate of drug-likeness (QED) is 0.309. The van der Waals surface area contributed by atoms with E-state index in [1.54, 1.807) is 25.1 Å². The Morgan fingerprint density at radius 3 is 2.43 bits per heavy atom. The number of fused-ring (bicyclic) bond motifs is 3. The molecule has 1 N–H and O–H groups in total. The molecule has 2 saturated heterocycles. The summed E-state index contributed by atoms with van der Waals surface area (Å²) in [5.41, 5.74) is 4.63. The summed E-state index contributed by atoms with van der Waals surface area (Å²) in [6.45, 7) is 8.29. The Hall–Kier alpha value is -4.56. The number of carbonyl (C=O) groups excluding carboxylic acids is 4. The third-order valence-corrected chi connectivity index (χ3v) is 9.87. The van der Waals surface area contributed by atoms with Gasteiger partial charge < -0.3 is 14.7 Å². The molecule has 4 atom stereocenters. The van der Waals surface area contributed by atoms with Gasteiger partial charge in [-0.2, -0.15) is 0 Å². The summed E-state index contributed by atoms with van der Waals surface area (Å²) in [5, 5.41) is 11.4. The minimum absolute atomic E-state index is 0.0512. The van der Waals surface area contributed by atoms with Crippen molar-refractivity contribution in [1.82, 2.24) is 0 Å². The van der Waals surface area contributed by atoms with Crippen LogP contribution in [0.2, 0.25) is 0 Å². The van der Waals surface area contributed by atoms with E-state index < -0.39 is 23.7 Å². The van der Waals surface area contributed by atoms with Crippen molar-refractivity contribution in [3.05, 3.63) is 101 Å². The van der Waals surface area contributed by atoms with Crippen molar-refractivity contribution >= 4 is 34.8 Å². The van der Waals surface area contributed by atoms with Crippen LogP contribution in [0, 0.1) is 17.8 Å². The van der Waals surface area contributed by atoms with Gasteiger partial charge >= 0.3 is 0 Å². The smallest absolute Gasteiger partial charge is 0.238 e. The van der Waals surface area contributed by atoms with Gasteiger partial charge in [0.25, 0.3) is 0 Å². The molecule has 8 heteroatoms. The van der Waals surface area contributed by atoms with Gasteiger partial charge in [-0.1, -0.05) is 35.9 Å². The van der Waals surface area contributed by atoms with Gasteiger partial charge in [-0.05, 0) is 68.0 Å².